The molecule has 0 spiro atoms. The zero-order chi connectivity index (χ0) is 20.2. The lowest BCUT2D eigenvalue weighted by Crippen LogP contribution is -2.49. The highest BCUT2D eigenvalue weighted by molar-refractivity contribution is 6.08. The Bertz CT molecular complexity index is 714. The van der Waals surface area contributed by atoms with E-state index < -0.39 is 11.6 Å². The molecule has 0 unspecified atom stereocenters. The van der Waals surface area contributed by atoms with E-state index in [9.17, 15) is 14.4 Å². The number of amides is 4. The van der Waals surface area contributed by atoms with Gasteiger partial charge in [-0.2, -0.15) is 0 Å². The lowest BCUT2D eigenvalue weighted by Gasteiger charge is -2.26. The number of imide groups is 1. The second-order valence-corrected chi connectivity index (χ2v) is 7.79. The van der Waals surface area contributed by atoms with Crippen LogP contribution < -0.4 is 15.4 Å². The predicted octanol–water partition coefficient (Wildman–Crippen LogP) is 2.24. The van der Waals surface area contributed by atoms with Crippen LogP contribution in [0.3, 0.4) is 0 Å². The molecule has 2 rings (SSSR count). The number of hydrogen-bond donors (Lipinski definition) is 2. The van der Waals surface area contributed by atoms with Crippen LogP contribution in [0.4, 0.5) is 4.79 Å². The monoisotopic (exact) mass is 375 g/mol. The maximum absolute atomic E-state index is 12.8. The molecule has 0 aliphatic carbocycles. The van der Waals surface area contributed by atoms with Crippen LogP contribution in [0, 0.1) is 0 Å². The molecule has 0 saturated carbocycles. The van der Waals surface area contributed by atoms with Gasteiger partial charge >= 0.3 is 6.03 Å². The molecule has 2 N–H and O–H groups in total. The number of hydrogen-bond acceptors (Lipinski definition) is 4. The van der Waals surface area contributed by atoms with Crippen molar-refractivity contribution in [3.05, 3.63) is 29.8 Å². The highest BCUT2D eigenvalue weighted by Crippen LogP contribution is 2.24. The third-order valence-corrected chi connectivity index (χ3v) is 5.08. The Labute approximate surface area is 160 Å². The molecule has 7 heteroatoms. The van der Waals surface area contributed by atoms with Gasteiger partial charge in [0, 0.05) is 5.54 Å². The van der Waals surface area contributed by atoms with Crippen molar-refractivity contribution in [1.82, 2.24) is 15.5 Å². The van der Waals surface area contributed by atoms with Gasteiger partial charge in [-0.15, -0.1) is 0 Å². The molecule has 7 nitrogen and oxygen atoms in total. The molecule has 0 aromatic heterocycles. The van der Waals surface area contributed by atoms with E-state index in [-0.39, 0.29) is 23.9 Å². The van der Waals surface area contributed by atoms with E-state index in [0.29, 0.717) is 12.8 Å². The third kappa shape index (κ3) is 4.99. The number of aryl methyl sites for hydroxylation is 1. The Morgan fingerprint density at radius 1 is 1.26 bits per heavy atom. The summed E-state index contributed by atoms with van der Waals surface area (Å²) in [5.41, 5.74) is -0.356. The van der Waals surface area contributed by atoms with Crippen LogP contribution in [0.2, 0.25) is 0 Å². The summed E-state index contributed by atoms with van der Waals surface area (Å²) in [5, 5.41) is 5.58. The van der Waals surface area contributed by atoms with Crippen molar-refractivity contribution in [2.24, 2.45) is 0 Å². The Morgan fingerprint density at radius 2 is 1.89 bits per heavy atom. The summed E-state index contributed by atoms with van der Waals surface area (Å²) in [6.07, 6.45) is 1.82. The summed E-state index contributed by atoms with van der Waals surface area (Å²) < 4.78 is 5.14. The highest BCUT2D eigenvalue weighted by atomic mass is 16.5. The topological polar surface area (TPSA) is 87.7 Å². The standard InChI is InChI=1S/C20H29N3O4/c1-6-19(2,3)21-16(24)13-23-17(25)20(4,22-18(23)26)12-11-14-7-9-15(27-5)10-8-14/h7-10H,6,11-13H2,1-5H3,(H,21,24)(H,22,26)/t20-/m0/s1. The van der Waals surface area contributed by atoms with Crippen LogP contribution in [0.1, 0.15) is 46.1 Å². The lowest BCUT2D eigenvalue weighted by atomic mass is 9.93. The van der Waals surface area contributed by atoms with Gasteiger partial charge in [-0.3, -0.25) is 14.5 Å². The molecule has 27 heavy (non-hydrogen) atoms. The number of carbonyl (C=O) groups excluding carboxylic acids is 3. The average Bonchev–Trinajstić information content (AvgIpc) is 2.83. The van der Waals surface area contributed by atoms with Gasteiger partial charge in [-0.05, 0) is 57.7 Å². The number of urea groups is 1. The van der Waals surface area contributed by atoms with Gasteiger partial charge in [0.05, 0.1) is 7.11 Å². The normalized spacial score (nSPS) is 19.8. The maximum Gasteiger partial charge on any atom is 0.325 e. The van der Waals surface area contributed by atoms with Crippen LogP contribution in [0.15, 0.2) is 24.3 Å². The number of ether oxygens (including phenoxy) is 1. The number of methoxy groups -OCH3 is 1. The highest BCUT2D eigenvalue weighted by Gasteiger charge is 2.48. The number of nitrogens with one attached hydrogen (secondary N) is 2. The molecule has 1 aliphatic heterocycles. The first kappa shape index (κ1) is 20.7. The SMILES string of the molecule is CCC(C)(C)NC(=O)CN1C(=O)N[C@@](C)(CCc2ccc(OC)cc2)C1=O. The van der Waals surface area contributed by atoms with Gasteiger partial charge < -0.3 is 15.4 Å². The molecule has 1 saturated heterocycles. The van der Waals surface area contributed by atoms with Crippen molar-refractivity contribution < 1.29 is 19.1 Å². The summed E-state index contributed by atoms with van der Waals surface area (Å²) in [5.74, 6) is 0.0534. The zero-order valence-corrected chi connectivity index (χ0v) is 16.7. The van der Waals surface area contributed by atoms with Gasteiger partial charge in [0.15, 0.2) is 0 Å². The Morgan fingerprint density at radius 3 is 2.44 bits per heavy atom. The zero-order valence-electron chi connectivity index (χ0n) is 16.7. The second kappa shape index (κ2) is 7.98. The molecular weight excluding hydrogens is 346 g/mol. The molecule has 0 bridgehead atoms. The Balaban J connectivity index is 1.99. The molecule has 1 atom stereocenters. The maximum atomic E-state index is 12.8. The van der Waals surface area contributed by atoms with Crippen molar-refractivity contribution in [2.75, 3.05) is 13.7 Å². The van der Waals surface area contributed by atoms with Crippen molar-refractivity contribution >= 4 is 17.8 Å². The van der Waals surface area contributed by atoms with Crippen LogP contribution in [-0.4, -0.2) is 47.5 Å². The molecule has 1 heterocycles. The van der Waals surface area contributed by atoms with Crippen molar-refractivity contribution in [3.8, 4) is 5.75 Å². The van der Waals surface area contributed by atoms with Gasteiger partial charge in [-0.25, -0.2) is 4.79 Å². The smallest absolute Gasteiger partial charge is 0.325 e. The molecule has 1 fully saturated rings. The van der Waals surface area contributed by atoms with E-state index >= 15 is 0 Å². The number of nitrogens with zero attached hydrogens (tertiary/aromatic N) is 1. The number of carbonyl (C=O) groups is 3. The minimum Gasteiger partial charge on any atom is -0.497 e. The van der Waals surface area contributed by atoms with Crippen LogP contribution in [-0.2, 0) is 16.0 Å². The van der Waals surface area contributed by atoms with Crippen LogP contribution in [0.25, 0.3) is 0 Å². The van der Waals surface area contributed by atoms with E-state index in [2.05, 4.69) is 10.6 Å². The summed E-state index contributed by atoms with van der Waals surface area (Å²) in [4.78, 5) is 38.2. The van der Waals surface area contributed by atoms with Gasteiger partial charge in [0.1, 0.15) is 17.8 Å². The fourth-order valence-electron chi connectivity index (χ4n) is 2.90. The average molecular weight is 375 g/mol. The summed E-state index contributed by atoms with van der Waals surface area (Å²) >= 11 is 0. The molecule has 1 aliphatic rings. The van der Waals surface area contributed by atoms with Crippen molar-refractivity contribution in [3.63, 3.8) is 0 Å². The number of benzene rings is 1. The molecule has 148 valence electrons. The molecule has 0 radical (unpaired) electrons. The van der Waals surface area contributed by atoms with Gasteiger partial charge in [0.25, 0.3) is 5.91 Å². The molecule has 1 aromatic rings. The predicted molar refractivity (Wildman–Crippen MR) is 102 cm³/mol. The summed E-state index contributed by atoms with van der Waals surface area (Å²) in [7, 11) is 1.61. The molecule has 1 aromatic carbocycles. The minimum absolute atomic E-state index is 0.272. The lowest BCUT2D eigenvalue weighted by molar-refractivity contribution is -0.135. The first-order chi connectivity index (χ1) is 12.6. The van der Waals surface area contributed by atoms with Gasteiger partial charge in [-0.1, -0.05) is 19.1 Å². The van der Waals surface area contributed by atoms with Crippen LogP contribution in [0.5, 0.6) is 5.75 Å². The molecule has 4 amide bonds. The van der Waals surface area contributed by atoms with E-state index in [1.165, 1.54) is 0 Å². The van der Waals surface area contributed by atoms with E-state index in [1.54, 1.807) is 14.0 Å². The third-order valence-electron chi connectivity index (χ3n) is 5.08. The van der Waals surface area contributed by atoms with Crippen LogP contribution >= 0.6 is 0 Å². The Kier molecular flexibility index (Phi) is 6.13. The molecular formula is C20H29N3O4. The first-order valence-electron chi connectivity index (χ1n) is 9.18. The minimum atomic E-state index is -1.02. The first-order valence-corrected chi connectivity index (χ1v) is 9.18. The second-order valence-electron chi connectivity index (χ2n) is 7.79. The van der Waals surface area contributed by atoms with E-state index in [1.807, 2.05) is 45.0 Å². The summed E-state index contributed by atoms with van der Waals surface area (Å²) in [6, 6.07) is 7.06. The number of rotatable bonds is 8. The Hall–Kier alpha value is -2.57. The summed E-state index contributed by atoms with van der Waals surface area (Å²) in [6.45, 7) is 7.19. The largest absolute Gasteiger partial charge is 0.497 e. The quantitative estimate of drug-likeness (QED) is 0.682. The van der Waals surface area contributed by atoms with Crippen molar-refractivity contribution in [2.45, 2.75) is 58.0 Å². The fraction of sp³-hybridized carbons (Fsp3) is 0.550. The van der Waals surface area contributed by atoms with E-state index in [0.717, 1.165) is 22.6 Å². The van der Waals surface area contributed by atoms with E-state index in [4.69, 9.17) is 4.74 Å². The fourth-order valence-corrected chi connectivity index (χ4v) is 2.90. The van der Waals surface area contributed by atoms with Gasteiger partial charge in [0.2, 0.25) is 5.91 Å². The van der Waals surface area contributed by atoms with Crippen molar-refractivity contribution in [1.29, 1.82) is 0 Å².